The van der Waals surface area contributed by atoms with E-state index in [1.807, 2.05) is 42.3 Å². The molecule has 2 aromatic heterocycles. The van der Waals surface area contributed by atoms with Gasteiger partial charge in [-0.05, 0) is 56.4 Å². The van der Waals surface area contributed by atoms with Crippen LogP contribution < -0.4 is 0 Å². The minimum Gasteiger partial charge on any atom is -0.508 e. The van der Waals surface area contributed by atoms with Gasteiger partial charge in [0.25, 0.3) is 5.91 Å². The number of carbonyl (C=O) groups excluding carboxylic acids is 1. The molecule has 4 rings (SSSR count). The number of piperidine rings is 1. The maximum Gasteiger partial charge on any atom is 0.255 e. The lowest BCUT2D eigenvalue weighted by Crippen LogP contribution is -2.38. The highest BCUT2D eigenvalue weighted by atomic mass is 32.1. The van der Waals surface area contributed by atoms with Gasteiger partial charge in [0.05, 0.1) is 5.56 Å². The Morgan fingerprint density at radius 1 is 1.19 bits per heavy atom. The number of carbonyl (C=O) groups is 1. The predicted octanol–water partition coefficient (Wildman–Crippen LogP) is 4.28. The largest absolute Gasteiger partial charge is 0.508 e. The van der Waals surface area contributed by atoms with Crippen LogP contribution in [0.5, 0.6) is 5.75 Å². The lowest BCUT2D eigenvalue weighted by atomic mass is 9.89. The Kier molecular flexibility index (Phi) is 4.74. The van der Waals surface area contributed by atoms with Crippen LogP contribution >= 0.6 is 11.3 Å². The summed E-state index contributed by atoms with van der Waals surface area (Å²) in [6.07, 6.45) is 3.68. The molecule has 0 bridgehead atoms. The van der Waals surface area contributed by atoms with Gasteiger partial charge in [-0.2, -0.15) is 0 Å². The zero-order valence-corrected chi connectivity index (χ0v) is 16.4. The average Bonchev–Trinajstić information content (AvgIpc) is 3.30. The second-order valence-corrected chi connectivity index (χ2v) is 7.97. The first-order chi connectivity index (χ1) is 13.0. The molecule has 6 heteroatoms. The van der Waals surface area contributed by atoms with Gasteiger partial charge in [0, 0.05) is 36.1 Å². The van der Waals surface area contributed by atoms with E-state index in [0.717, 1.165) is 48.0 Å². The van der Waals surface area contributed by atoms with Crippen molar-refractivity contribution in [3.8, 4) is 10.9 Å². The van der Waals surface area contributed by atoms with Crippen molar-refractivity contribution in [2.24, 2.45) is 0 Å². The second-order valence-electron chi connectivity index (χ2n) is 7.09. The van der Waals surface area contributed by atoms with Gasteiger partial charge in [0.1, 0.15) is 5.75 Å². The third-order valence-corrected chi connectivity index (χ3v) is 6.18. The third kappa shape index (κ3) is 3.37. The number of hydrogen-bond donors (Lipinski definition) is 1. The monoisotopic (exact) mass is 381 g/mol. The van der Waals surface area contributed by atoms with E-state index in [-0.39, 0.29) is 5.91 Å². The number of thiazole rings is 1. The maximum absolute atomic E-state index is 13.1. The van der Waals surface area contributed by atoms with E-state index < -0.39 is 0 Å². The molecule has 140 valence electrons. The SMILES string of the molecule is Cc1cc(C(=O)N2CCC(c3ccc(O)cc3)CC2)c(C)n1-c1nccs1. The lowest BCUT2D eigenvalue weighted by Gasteiger charge is -2.32. The topological polar surface area (TPSA) is 58.4 Å². The molecule has 0 spiro atoms. The molecular weight excluding hydrogens is 358 g/mol. The Morgan fingerprint density at radius 2 is 1.89 bits per heavy atom. The third-order valence-electron chi connectivity index (χ3n) is 5.42. The number of aromatic nitrogens is 2. The minimum atomic E-state index is 0.107. The van der Waals surface area contributed by atoms with Crippen molar-refractivity contribution in [2.75, 3.05) is 13.1 Å². The van der Waals surface area contributed by atoms with E-state index in [0.29, 0.717) is 11.7 Å². The van der Waals surface area contributed by atoms with Crippen LogP contribution in [-0.2, 0) is 0 Å². The zero-order chi connectivity index (χ0) is 19.0. The van der Waals surface area contributed by atoms with E-state index in [2.05, 4.69) is 9.55 Å². The summed E-state index contributed by atoms with van der Waals surface area (Å²) in [5.74, 6) is 0.842. The molecule has 1 aliphatic heterocycles. The van der Waals surface area contributed by atoms with Gasteiger partial charge in [-0.15, -0.1) is 11.3 Å². The van der Waals surface area contributed by atoms with Gasteiger partial charge >= 0.3 is 0 Å². The highest BCUT2D eigenvalue weighted by Gasteiger charge is 2.27. The van der Waals surface area contributed by atoms with Crippen LogP contribution in [0.1, 0.15) is 46.1 Å². The molecule has 5 nitrogen and oxygen atoms in total. The van der Waals surface area contributed by atoms with Gasteiger partial charge in [-0.25, -0.2) is 4.98 Å². The van der Waals surface area contributed by atoms with Gasteiger partial charge in [-0.3, -0.25) is 9.36 Å². The Balaban J connectivity index is 1.49. The molecule has 1 N–H and O–H groups in total. The molecule has 3 heterocycles. The maximum atomic E-state index is 13.1. The van der Waals surface area contributed by atoms with Crippen LogP contribution in [0.3, 0.4) is 0 Å². The van der Waals surface area contributed by atoms with Gasteiger partial charge < -0.3 is 10.0 Å². The summed E-state index contributed by atoms with van der Waals surface area (Å²) in [6.45, 7) is 5.52. The van der Waals surface area contributed by atoms with Crippen LogP contribution in [0.4, 0.5) is 0 Å². The van der Waals surface area contributed by atoms with E-state index in [1.54, 1.807) is 29.7 Å². The number of rotatable bonds is 3. The van der Waals surface area contributed by atoms with Crippen molar-refractivity contribution in [2.45, 2.75) is 32.6 Å². The van der Waals surface area contributed by atoms with Crippen LogP contribution in [-0.4, -0.2) is 38.6 Å². The molecule has 0 unspecified atom stereocenters. The van der Waals surface area contributed by atoms with E-state index in [9.17, 15) is 9.90 Å². The summed E-state index contributed by atoms with van der Waals surface area (Å²) in [4.78, 5) is 19.5. The number of nitrogens with zero attached hydrogens (tertiary/aromatic N) is 3. The summed E-state index contributed by atoms with van der Waals surface area (Å²) in [7, 11) is 0. The molecular formula is C21H23N3O2S. The van der Waals surface area contributed by atoms with E-state index in [1.165, 1.54) is 5.56 Å². The number of phenolic OH excluding ortho intramolecular Hbond substituents is 1. The Morgan fingerprint density at radius 3 is 2.52 bits per heavy atom. The zero-order valence-electron chi connectivity index (χ0n) is 15.6. The molecule has 1 aromatic carbocycles. The van der Waals surface area contributed by atoms with Crippen LogP contribution in [0, 0.1) is 13.8 Å². The average molecular weight is 382 g/mol. The van der Waals surface area contributed by atoms with Crippen molar-refractivity contribution >= 4 is 17.2 Å². The van der Waals surface area contributed by atoms with Crippen molar-refractivity contribution in [3.05, 3.63) is 64.4 Å². The number of phenols is 1. The minimum absolute atomic E-state index is 0.107. The number of aromatic hydroxyl groups is 1. The fourth-order valence-corrected chi connectivity index (χ4v) is 4.68. The molecule has 1 saturated heterocycles. The summed E-state index contributed by atoms with van der Waals surface area (Å²) in [5, 5.41) is 12.3. The fourth-order valence-electron chi connectivity index (χ4n) is 3.93. The molecule has 0 atom stereocenters. The van der Waals surface area contributed by atoms with E-state index in [4.69, 9.17) is 0 Å². The van der Waals surface area contributed by atoms with Crippen molar-refractivity contribution < 1.29 is 9.90 Å². The summed E-state index contributed by atoms with van der Waals surface area (Å²) >= 11 is 1.57. The summed E-state index contributed by atoms with van der Waals surface area (Å²) < 4.78 is 2.06. The summed E-state index contributed by atoms with van der Waals surface area (Å²) in [5.41, 5.74) is 3.99. The van der Waals surface area contributed by atoms with Crippen LogP contribution in [0.2, 0.25) is 0 Å². The number of hydrogen-bond acceptors (Lipinski definition) is 4. The van der Waals surface area contributed by atoms with Gasteiger partial charge in [0.2, 0.25) is 0 Å². The molecule has 27 heavy (non-hydrogen) atoms. The van der Waals surface area contributed by atoms with E-state index >= 15 is 0 Å². The van der Waals surface area contributed by atoms with Crippen LogP contribution in [0.25, 0.3) is 5.13 Å². The van der Waals surface area contributed by atoms with Crippen LogP contribution in [0.15, 0.2) is 41.9 Å². The number of aryl methyl sites for hydroxylation is 1. The first kappa shape index (κ1) is 17.8. The predicted molar refractivity (Wildman–Crippen MR) is 107 cm³/mol. The fraction of sp³-hybridized carbons (Fsp3) is 0.333. The second kappa shape index (κ2) is 7.19. The molecule has 3 aromatic rings. The van der Waals surface area contributed by atoms with Gasteiger partial charge in [-0.1, -0.05) is 12.1 Å². The van der Waals surface area contributed by atoms with Gasteiger partial charge in [0.15, 0.2) is 5.13 Å². The van der Waals surface area contributed by atoms with Crippen molar-refractivity contribution in [1.29, 1.82) is 0 Å². The lowest BCUT2D eigenvalue weighted by molar-refractivity contribution is 0.0712. The summed E-state index contributed by atoms with van der Waals surface area (Å²) in [6, 6.07) is 9.42. The standard InChI is InChI=1S/C21H23N3O2S/c1-14-13-19(15(2)24(14)21-22-9-12-27-21)20(26)23-10-7-17(8-11-23)16-3-5-18(25)6-4-16/h3-6,9,12-13,17,25H,7-8,10-11H2,1-2H3. The highest BCUT2D eigenvalue weighted by molar-refractivity contribution is 7.12. The smallest absolute Gasteiger partial charge is 0.255 e. The van der Waals surface area contributed by atoms with Crippen molar-refractivity contribution in [3.63, 3.8) is 0 Å². The number of benzene rings is 1. The molecule has 0 radical (unpaired) electrons. The Labute approximate surface area is 162 Å². The number of amides is 1. The quantitative estimate of drug-likeness (QED) is 0.737. The molecule has 1 amide bonds. The Hall–Kier alpha value is -2.60. The first-order valence-electron chi connectivity index (χ1n) is 9.21. The molecule has 0 saturated carbocycles. The number of likely N-dealkylation sites (tertiary alicyclic amines) is 1. The first-order valence-corrected chi connectivity index (χ1v) is 10.1. The molecule has 1 aliphatic rings. The van der Waals surface area contributed by atoms with Crippen molar-refractivity contribution in [1.82, 2.24) is 14.5 Å². The molecule has 0 aliphatic carbocycles. The Bertz CT molecular complexity index is 937. The molecule has 1 fully saturated rings. The highest BCUT2D eigenvalue weighted by Crippen LogP contribution is 2.30. The normalized spacial score (nSPS) is 15.3.